The van der Waals surface area contributed by atoms with E-state index in [9.17, 15) is 9.90 Å². The van der Waals surface area contributed by atoms with Crippen molar-refractivity contribution in [3.63, 3.8) is 0 Å². The second kappa shape index (κ2) is 10.3. The van der Waals surface area contributed by atoms with Crippen LogP contribution in [-0.2, 0) is 33.2 Å². The maximum atomic E-state index is 12.0. The van der Waals surface area contributed by atoms with E-state index in [1.807, 2.05) is 13.8 Å². The molecule has 0 amide bonds. The summed E-state index contributed by atoms with van der Waals surface area (Å²) in [6, 6.07) is 0. The summed E-state index contributed by atoms with van der Waals surface area (Å²) in [5.74, 6) is -1.72. The molecule has 30 heavy (non-hydrogen) atoms. The Morgan fingerprint density at radius 3 is 2.30 bits per heavy atom. The van der Waals surface area contributed by atoms with Crippen molar-refractivity contribution in [2.75, 3.05) is 27.6 Å². The van der Waals surface area contributed by atoms with Crippen molar-refractivity contribution in [2.24, 2.45) is 17.3 Å². The lowest BCUT2D eigenvalue weighted by Crippen LogP contribution is -2.65. The van der Waals surface area contributed by atoms with Crippen LogP contribution in [0.4, 0.5) is 0 Å². The number of aliphatic hydroxyl groups excluding tert-OH is 1. The van der Waals surface area contributed by atoms with Gasteiger partial charge in [0.1, 0.15) is 5.78 Å². The number of hydrogen-bond donors (Lipinski definition) is 1. The van der Waals surface area contributed by atoms with Crippen LogP contribution >= 0.6 is 0 Å². The Morgan fingerprint density at radius 1 is 1.23 bits per heavy atom. The third-order valence-corrected chi connectivity index (χ3v) is 6.52. The number of Topliss-reactive ketones (excluding diaryl/α,β-unsaturated/α-hetero) is 1. The molecule has 8 nitrogen and oxygen atoms in total. The van der Waals surface area contributed by atoms with Crippen LogP contribution in [0.1, 0.15) is 54.4 Å². The Kier molecular flexibility index (Phi) is 8.84. The van der Waals surface area contributed by atoms with Gasteiger partial charge < -0.3 is 38.3 Å². The van der Waals surface area contributed by atoms with Gasteiger partial charge >= 0.3 is 0 Å². The minimum absolute atomic E-state index is 0.0104. The van der Waals surface area contributed by atoms with Crippen LogP contribution in [0.2, 0.25) is 0 Å². The van der Waals surface area contributed by atoms with Gasteiger partial charge in [-0.05, 0) is 32.1 Å². The normalized spacial score (nSPS) is 32.7. The second-order valence-corrected chi connectivity index (χ2v) is 9.56. The first-order chi connectivity index (χ1) is 14.0. The molecule has 0 radical (unpaired) electrons. The molecule has 0 aromatic heterocycles. The van der Waals surface area contributed by atoms with Gasteiger partial charge in [0, 0.05) is 33.0 Å². The maximum Gasteiger partial charge on any atom is 0.223 e. The van der Waals surface area contributed by atoms with Gasteiger partial charge in [-0.15, -0.1) is 0 Å². The van der Waals surface area contributed by atoms with E-state index < -0.39 is 36.3 Å². The van der Waals surface area contributed by atoms with E-state index in [-0.39, 0.29) is 42.9 Å². The van der Waals surface area contributed by atoms with Crippen molar-refractivity contribution in [2.45, 2.75) is 90.9 Å². The second-order valence-electron chi connectivity index (χ2n) is 9.56. The minimum atomic E-state index is -1.26. The maximum absolute atomic E-state index is 12.0. The molecule has 176 valence electrons. The summed E-state index contributed by atoms with van der Waals surface area (Å²) in [5, 5.41) is 11.0. The Hall–Kier alpha value is -0.610. The minimum Gasteiger partial charge on any atom is -0.393 e. The number of ketones is 1. The van der Waals surface area contributed by atoms with Crippen molar-refractivity contribution in [3.05, 3.63) is 0 Å². The summed E-state index contributed by atoms with van der Waals surface area (Å²) in [5.41, 5.74) is -0.239. The summed E-state index contributed by atoms with van der Waals surface area (Å²) >= 11 is 0. The molecule has 0 aromatic rings. The lowest BCUT2D eigenvalue weighted by atomic mass is 9.71. The molecular weight excluding hydrogens is 392 g/mol. The predicted molar refractivity (Wildman–Crippen MR) is 110 cm³/mol. The SMILES string of the molecule is COC(C1OC(OC)(C2OCO2)CC(O)C1CC(C)=O)C(C)C(C)(C)COC(C)C. The lowest BCUT2D eigenvalue weighted by Gasteiger charge is -2.53. The van der Waals surface area contributed by atoms with E-state index >= 15 is 0 Å². The van der Waals surface area contributed by atoms with E-state index in [1.54, 1.807) is 7.11 Å². The molecule has 2 rings (SSSR count). The van der Waals surface area contributed by atoms with Crippen molar-refractivity contribution < 1.29 is 38.3 Å². The van der Waals surface area contributed by atoms with Gasteiger partial charge in [-0.2, -0.15) is 0 Å². The summed E-state index contributed by atoms with van der Waals surface area (Å²) in [6.45, 7) is 12.5. The molecule has 2 saturated heterocycles. The molecule has 0 saturated carbocycles. The van der Waals surface area contributed by atoms with Gasteiger partial charge in [-0.3, -0.25) is 0 Å². The monoisotopic (exact) mass is 432 g/mol. The lowest BCUT2D eigenvalue weighted by molar-refractivity contribution is -0.458. The topological polar surface area (TPSA) is 92.7 Å². The van der Waals surface area contributed by atoms with E-state index in [0.29, 0.717) is 6.61 Å². The van der Waals surface area contributed by atoms with Gasteiger partial charge in [0.2, 0.25) is 12.1 Å². The highest BCUT2D eigenvalue weighted by molar-refractivity contribution is 5.75. The first kappa shape index (κ1) is 25.6. The number of aliphatic hydroxyl groups is 1. The highest BCUT2D eigenvalue weighted by Crippen LogP contribution is 2.45. The quantitative estimate of drug-likeness (QED) is 0.532. The molecule has 0 spiro atoms. The molecule has 6 unspecified atom stereocenters. The van der Waals surface area contributed by atoms with Crippen LogP contribution < -0.4 is 0 Å². The van der Waals surface area contributed by atoms with Crippen LogP contribution in [0.25, 0.3) is 0 Å². The van der Waals surface area contributed by atoms with Crippen LogP contribution in [0, 0.1) is 17.3 Å². The molecule has 0 aromatic carbocycles. The summed E-state index contributed by atoms with van der Waals surface area (Å²) in [6.07, 6.45) is -2.12. The average Bonchev–Trinajstić information content (AvgIpc) is 2.61. The first-order valence-corrected chi connectivity index (χ1v) is 10.8. The average molecular weight is 433 g/mol. The van der Waals surface area contributed by atoms with Crippen LogP contribution in [0.15, 0.2) is 0 Å². The largest absolute Gasteiger partial charge is 0.393 e. The first-order valence-electron chi connectivity index (χ1n) is 10.8. The molecule has 8 heteroatoms. The Labute approximate surface area is 180 Å². The van der Waals surface area contributed by atoms with Crippen molar-refractivity contribution in [3.8, 4) is 0 Å². The van der Waals surface area contributed by atoms with Crippen LogP contribution in [0.5, 0.6) is 0 Å². The fraction of sp³-hybridized carbons (Fsp3) is 0.955. The molecule has 6 atom stereocenters. The molecule has 0 aliphatic carbocycles. The predicted octanol–water partition coefficient (Wildman–Crippen LogP) is 2.51. The summed E-state index contributed by atoms with van der Waals surface area (Å²) in [7, 11) is 3.13. The third-order valence-electron chi connectivity index (χ3n) is 6.52. The number of methoxy groups -OCH3 is 2. The van der Waals surface area contributed by atoms with Gasteiger partial charge in [-0.1, -0.05) is 20.8 Å². The van der Waals surface area contributed by atoms with E-state index in [4.69, 9.17) is 28.4 Å². The molecule has 2 fully saturated rings. The molecule has 2 aliphatic rings. The van der Waals surface area contributed by atoms with Gasteiger partial charge in [0.15, 0.2) is 6.79 Å². The fourth-order valence-corrected chi connectivity index (χ4v) is 4.27. The number of carbonyl (C=O) groups excluding carboxylic acids is 1. The highest BCUT2D eigenvalue weighted by atomic mass is 16.9. The Bertz CT molecular complexity index is 561. The van der Waals surface area contributed by atoms with Crippen LogP contribution in [-0.4, -0.2) is 75.0 Å². The fourth-order valence-electron chi connectivity index (χ4n) is 4.27. The van der Waals surface area contributed by atoms with E-state index in [1.165, 1.54) is 14.0 Å². The van der Waals surface area contributed by atoms with Crippen molar-refractivity contribution in [1.29, 1.82) is 0 Å². The third kappa shape index (κ3) is 5.59. The molecular formula is C22H40O8. The summed E-state index contributed by atoms with van der Waals surface area (Å²) < 4.78 is 34.9. The standard InChI is InChI=1S/C22H40O8/c1-13(2)27-11-21(5,6)15(4)18(25-7)19-16(9-14(3)23)17(24)10-22(26-8,30-19)20-28-12-29-20/h13,15-20,24H,9-12H2,1-8H3. The number of rotatable bonds is 11. The van der Waals surface area contributed by atoms with Gasteiger partial charge in [-0.25, -0.2) is 0 Å². The zero-order valence-electron chi connectivity index (χ0n) is 19.7. The van der Waals surface area contributed by atoms with Crippen LogP contribution in [0.3, 0.4) is 0 Å². The zero-order valence-corrected chi connectivity index (χ0v) is 19.7. The zero-order chi connectivity index (χ0) is 22.7. The number of hydrogen-bond acceptors (Lipinski definition) is 8. The Morgan fingerprint density at radius 2 is 1.87 bits per heavy atom. The number of carbonyl (C=O) groups is 1. The smallest absolute Gasteiger partial charge is 0.223 e. The Balaban J connectivity index is 2.34. The van der Waals surface area contributed by atoms with E-state index in [2.05, 4.69) is 20.8 Å². The highest BCUT2D eigenvalue weighted by Gasteiger charge is 2.57. The number of ether oxygens (including phenoxy) is 6. The van der Waals surface area contributed by atoms with Gasteiger partial charge in [0.05, 0.1) is 31.0 Å². The van der Waals surface area contributed by atoms with Gasteiger partial charge in [0.25, 0.3) is 0 Å². The van der Waals surface area contributed by atoms with E-state index in [0.717, 1.165) is 0 Å². The molecule has 2 aliphatic heterocycles. The van der Waals surface area contributed by atoms with Crippen molar-refractivity contribution in [1.82, 2.24) is 0 Å². The van der Waals surface area contributed by atoms with Crippen molar-refractivity contribution >= 4 is 5.78 Å². The molecule has 0 bridgehead atoms. The summed E-state index contributed by atoms with van der Waals surface area (Å²) in [4.78, 5) is 12.0. The molecule has 2 heterocycles. The molecule has 1 N–H and O–H groups in total.